The number of hydrogen-bond acceptors (Lipinski definition) is 3. The molecule has 2 heterocycles. The maximum absolute atomic E-state index is 3.44. The highest BCUT2D eigenvalue weighted by Gasteiger charge is 2.25. The highest BCUT2D eigenvalue weighted by Crippen LogP contribution is 2.32. The fraction of sp³-hybridized carbons (Fsp3) is 0.714. The van der Waals surface area contributed by atoms with Crippen molar-refractivity contribution in [3.63, 3.8) is 0 Å². The molecular formula is C14H24N2S. The normalized spacial score (nSPS) is 22.4. The summed E-state index contributed by atoms with van der Waals surface area (Å²) in [7, 11) is 0. The second-order valence-electron chi connectivity index (χ2n) is 5.13. The van der Waals surface area contributed by atoms with Crippen LogP contribution in [0.3, 0.4) is 0 Å². The Labute approximate surface area is 109 Å². The first kappa shape index (κ1) is 13.1. The van der Waals surface area contributed by atoms with Gasteiger partial charge in [0, 0.05) is 24.0 Å². The van der Waals surface area contributed by atoms with E-state index in [-0.39, 0.29) is 0 Å². The predicted molar refractivity (Wildman–Crippen MR) is 75.7 cm³/mol. The zero-order chi connectivity index (χ0) is 12.3. The van der Waals surface area contributed by atoms with Crippen LogP contribution in [-0.4, -0.2) is 31.1 Å². The lowest BCUT2D eigenvalue weighted by molar-refractivity contribution is 0.172. The van der Waals surface area contributed by atoms with Gasteiger partial charge in [-0.05, 0) is 49.4 Å². The van der Waals surface area contributed by atoms with Gasteiger partial charge in [-0.3, -0.25) is 4.90 Å². The molecule has 2 atom stereocenters. The Balaban J connectivity index is 1.91. The maximum atomic E-state index is 3.44. The van der Waals surface area contributed by atoms with E-state index in [0.29, 0.717) is 6.04 Å². The summed E-state index contributed by atoms with van der Waals surface area (Å²) in [6, 6.07) is 2.92. The van der Waals surface area contributed by atoms with Gasteiger partial charge in [-0.15, -0.1) is 11.3 Å². The first-order chi connectivity index (χ1) is 8.22. The SMILES string of the molecule is CCNCC(C)CN1CCc2sccc2C1C. The highest BCUT2D eigenvalue weighted by atomic mass is 32.1. The van der Waals surface area contributed by atoms with Crippen LogP contribution >= 0.6 is 11.3 Å². The Kier molecular flexibility index (Phi) is 4.60. The Morgan fingerprint density at radius 3 is 3.18 bits per heavy atom. The average molecular weight is 252 g/mol. The van der Waals surface area contributed by atoms with Gasteiger partial charge in [0.2, 0.25) is 0 Å². The molecule has 0 spiro atoms. The first-order valence-electron chi connectivity index (χ1n) is 6.73. The van der Waals surface area contributed by atoms with E-state index >= 15 is 0 Å². The molecule has 0 fully saturated rings. The molecule has 2 unspecified atom stereocenters. The molecule has 1 N–H and O–H groups in total. The molecule has 2 rings (SSSR count). The number of nitrogens with one attached hydrogen (secondary N) is 1. The zero-order valence-electron chi connectivity index (χ0n) is 11.2. The number of thiophene rings is 1. The van der Waals surface area contributed by atoms with E-state index in [4.69, 9.17) is 0 Å². The zero-order valence-corrected chi connectivity index (χ0v) is 12.0. The van der Waals surface area contributed by atoms with E-state index in [1.54, 1.807) is 10.4 Å². The summed E-state index contributed by atoms with van der Waals surface area (Å²) < 4.78 is 0. The minimum atomic E-state index is 0.606. The fourth-order valence-electron chi connectivity index (χ4n) is 2.67. The minimum Gasteiger partial charge on any atom is -0.317 e. The Bertz CT molecular complexity index is 348. The molecule has 1 aliphatic heterocycles. The smallest absolute Gasteiger partial charge is 0.0331 e. The monoisotopic (exact) mass is 252 g/mol. The Hall–Kier alpha value is -0.380. The van der Waals surface area contributed by atoms with Gasteiger partial charge < -0.3 is 5.32 Å². The first-order valence-corrected chi connectivity index (χ1v) is 7.61. The summed E-state index contributed by atoms with van der Waals surface area (Å²) in [5.41, 5.74) is 1.57. The molecule has 0 saturated heterocycles. The van der Waals surface area contributed by atoms with Crippen LogP contribution in [0.2, 0.25) is 0 Å². The van der Waals surface area contributed by atoms with Gasteiger partial charge in [-0.25, -0.2) is 0 Å². The van der Waals surface area contributed by atoms with Crippen molar-refractivity contribution < 1.29 is 0 Å². The highest BCUT2D eigenvalue weighted by molar-refractivity contribution is 7.10. The number of hydrogen-bond donors (Lipinski definition) is 1. The quantitative estimate of drug-likeness (QED) is 0.867. The van der Waals surface area contributed by atoms with Gasteiger partial charge in [0.1, 0.15) is 0 Å². The molecule has 1 aliphatic rings. The van der Waals surface area contributed by atoms with Gasteiger partial charge in [0.25, 0.3) is 0 Å². The van der Waals surface area contributed by atoms with Crippen molar-refractivity contribution in [3.05, 3.63) is 21.9 Å². The van der Waals surface area contributed by atoms with Gasteiger partial charge in [-0.1, -0.05) is 13.8 Å². The maximum Gasteiger partial charge on any atom is 0.0331 e. The van der Waals surface area contributed by atoms with Crippen LogP contribution in [-0.2, 0) is 6.42 Å². The van der Waals surface area contributed by atoms with Gasteiger partial charge in [0.15, 0.2) is 0 Å². The summed E-state index contributed by atoms with van der Waals surface area (Å²) >= 11 is 1.92. The molecule has 17 heavy (non-hydrogen) atoms. The third-order valence-electron chi connectivity index (χ3n) is 3.69. The summed E-state index contributed by atoms with van der Waals surface area (Å²) in [5, 5.41) is 5.68. The standard InChI is InChI=1S/C14H24N2S/c1-4-15-9-11(2)10-16-7-5-14-13(12(16)3)6-8-17-14/h6,8,11-12,15H,4-5,7,9-10H2,1-3H3. The predicted octanol–water partition coefficient (Wildman–Crippen LogP) is 2.91. The summed E-state index contributed by atoms with van der Waals surface area (Å²) in [5.74, 6) is 0.734. The molecule has 2 nitrogen and oxygen atoms in total. The van der Waals surface area contributed by atoms with E-state index in [1.807, 2.05) is 11.3 Å². The van der Waals surface area contributed by atoms with E-state index < -0.39 is 0 Å². The summed E-state index contributed by atoms with van der Waals surface area (Å²) in [4.78, 5) is 4.24. The molecule has 0 aliphatic carbocycles. The van der Waals surface area contributed by atoms with Crippen LogP contribution in [0.5, 0.6) is 0 Å². The molecule has 0 radical (unpaired) electrons. The second kappa shape index (κ2) is 5.98. The van der Waals surface area contributed by atoms with Crippen molar-refractivity contribution in [2.24, 2.45) is 5.92 Å². The lowest BCUT2D eigenvalue weighted by Gasteiger charge is -2.35. The van der Waals surface area contributed by atoms with E-state index in [0.717, 1.165) is 19.0 Å². The minimum absolute atomic E-state index is 0.606. The van der Waals surface area contributed by atoms with Crippen molar-refractivity contribution in [1.82, 2.24) is 10.2 Å². The lowest BCUT2D eigenvalue weighted by Crippen LogP contribution is -2.38. The van der Waals surface area contributed by atoms with Gasteiger partial charge in [0.05, 0.1) is 0 Å². The molecule has 0 saturated carbocycles. The fourth-order valence-corrected chi connectivity index (χ4v) is 3.63. The Morgan fingerprint density at radius 1 is 1.59 bits per heavy atom. The molecule has 1 aromatic heterocycles. The van der Waals surface area contributed by atoms with Crippen molar-refractivity contribution in [2.75, 3.05) is 26.2 Å². The van der Waals surface area contributed by atoms with Crippen LogP contribution < -0.4 is 5.32 Å². The van der Waals surface area contributed by atoms with Gasteiger partial charge in [-0.2, -0.15) is 0 Å². The van der Waals surface area contributed by atoms with Crippen LogP contribution in [0, 0.1) is 5.92 Å². The third-order valence-corrected chi connectivity index (χ3v) is 4.69. The largest absolute Gasteiger partial charge is 0.317 e. The topological polar surface area (TPSA) is 15.3 Å². The van der Waals surface area contributed by atoms with Crippen molar-refractivity contribution in [1.29, 1.82) is 0 Å². The lowest BCUT2D eigenvalue weighted by atomic mass is 10.00. The van der Waals surface area contributed by atoms with Crippen LogP contribution in [0.25, 0.3) is 0 Å². The molecule has 0 amide bonds. The Morgan fingerprint density at radius 2 is 2.41 bits per heavy atom. The van der Waals surface area contributed by atoms with E-state index in [2.05, 4.69) is 42.4 Å². The molecule has 3 heteroatoms. The van der Waals surface area contributed by atoms with Crippen molar-refractivity contribution in [2.45, 2.75) is 33.2 Å². The second-order valence-corrected chi connectivity index (χ2v) is 6.13. The molecule has 96 valence electrons. The van der Waals surface area contributed by atoms with Crippen molar-refractivity contribution >= 4 is 11.3 Å². The average Bonchev–Trinajstić information content (AvgIpc) is 2.79. The molecular weight excluding hydrogens is 228 g/mol. The number of rotatable bonds is 5. The molecule has 0 aromatic carbocycles. The van der Waals surface area contributed by atoms with Crippen molar-refractivity contribution in [3.8, 4) is 0 Å². The molecule has 0 bridgehead atoms. The van der Waals surface area contributed by atoms with Crippen LogP contribution in [0.15, 0.2) is 11.4 Å². The number of nitrogens with zero attached hydrogens (tertiary/aromatic N) is 1. The van der Waals surface area contributed by atoms with E-state index in [1.165, 1.54) is 19.5 Å². The molecule has 1 aromatic rings. The summed E-state index contributed by atoms with van der Waals surface area (Å²) in [6.45, 7) is 11.5. The number of fused-ring (bicyclic) bond motifs is 1. The van der Waals surface area contributed by atoms with Crippen LogP contribution in [0.1, 0.15) is 37.3 Å². The summed E-state index contributed by atoms with van der Waals surface area (Å²) in [6.07, 6.45) is 1.24. The van der Waals surface area contributed by atoms with Crippen LogP contribution in [0.4, 0.5) is 0 Å². The van der Waals surface area contributed by atoms with Gasteiger partial charge >= 0.3 is 0 Å². The van der Waals surface area contributed by atoms with E-state index in [9.17, 15) is 0 Å². The third kappa shape index (κ3) is 3.09.